The molecule has 0 aliphatic heterocycles. The highest BCUT2D eigenvalue weighted by Crippen LogP contribution is 2.23. The number of nitrogens with zero attached hydrogens (tertiary/aromatic N) is 2. The first-order valence-electron chi connectivity index (χ1n) is 8.14. The first kappa shape index (κ1) is 14.8. The SMILES string of the molecule is Cc1cc(NC2CCCC2)nc(NC(C)c2ccccc2)n1. The van der Waals surface area contributed by atoms with Crippen molar-refractivity contribution in [1.29, 1.82) is 0 Å². The molecule has 0 bridgehead atoms. The molecule has 1 atom stereocenters. The van der Waals surface area contributed by atoms with Gasteiger partial charge in [-0.1, -0.05) is 43.2 Å². The first-order valence-corrected chi connectivity index (χ1v) is 8.14. The standard InChI is InChI=1S/C18H24N4/c1-13-12-17(21-16-10-6-7-11-16)22-18(19-13)20-14(2)15-8-4-3-5-9-15/h3-5,8-9,12,14,16H,6-7,10-11H2,1-2H3,(H2,19,20,21,22). The lowest BCUT2D eigenvalue weighted by Gasteiger charge is -2.17. The summed E-state index contributed by atoms with van der Waals surface area (Å²) in [6.45, 7) is 4.14. The number of hydrogen-bond acceptors (Lipinski definition) is 4. The van der Waals surface area contributed by atoms with Crippen LogP contribution in [0.5, 0.6) is 0 Å². The minimum atomic E-state index is 0.183. The highest BCUT2D eigenvalue weighted by molar-refractivity contribution is 5.44. The summed E-state index contributed by atoms with van der Waals surface area (Å²) in [5.74, 6) is 1.62. The Labute approximate surface area is 132 Å². The maximum absolute atomic E-state index is 4.63. The van der Waals surface area contributed by atoms with E-state index in [0.29, 0.717) is 12.0 Å². The monoisotopic (exact) mass is 296 g/mol. The van der Waals surface area contributed by atoms with Gasteiger partial charge in [0.05, 0.1) is 6.04 Å². The molecule has 1 fully saturated rings. The summed E-state index contributed by atoms with van der Waals surface area (Å²) in [7, 11) is 0. The van der Waals surface area contributed by atoms with Crippen molar-refractivity contribution in [3.05, 3.63) is 47.7 Å². The predicted molar refractivity (Wildman–Crippen MR) is 91.1 cm³/mol. The number of hydrogen-bond donors (Lipinski definition) is 2. The Bertz CT molecular complexity index is 606. The van der Waals surface area contributed by atoms with Crippen molar-refractivity contribution in [1.82, 2.24) is 9.97 Å². The molecule has 1 aliphatic rings. The average molecular weight is 296 g/mol. The Morgan fingerprint density at radius 2 is 1.82 bits per heavy atom. The van der Waals surface area contributed by atoms with E-state index in [9.17, 15) is 0 Å². The molecule has 1 heterocycles. The number of benzene rings is 1. The molecule has 1 saturated carbocycles. The molecule has 1 unspecified atom stereocenters. The Hall–Kier alpha value is -2.10. The Balaban J connectivity index is 1.71. The zero-order valence-corrected chi connectivity index (χ0v) is 13.3. The number of nitrogens with one attached hydrogen (secondary N) is 2. The van der Waals surface area contributed by atoms with E-state index in [1.165, 1.54) is 31.2 Å². The zero-order chi connectivity index (χ0) is 15.4. The quantitative estimate of drug-likeness (QED) is 0.863. The normalized spacial score (nSPS) is 16.5. The molecule has 3 rings (SSSR count). The van der Waals surface area contributed by atoms with Crippen LogP contribution >= 0.6 is 0 Å². The van der Waals surface area contributed by atoms with E-state index in [1.807, 2.05) is 19.1 Å². The van der Waals surface area contributed by atoms with Gasteiger partial charge in [-0.2, -0.15) is 4.98 Å². The van der Waals surface area contributed by atoms with Crippen LogP contribution in [-0.2, 0) is 0 Å². The second kappa shape index (κ2) is 6.77. The van der Waals surface area contributed by atoms with Crippen molar-refractivity contribution in [2.24, 2.45) is 0 Å². The van der Waals surface area contributed by atoms with E-state index in [-0.39, 0.29) is 6.04 Å². The molecule has 1 aromatic carbocycles. The third-order valence-corrected chi connectivity index (χ3v) is 4.21. The van der Waals surface area contributed by atoms with E-state index < -0.39 is 0 Å². The van der Waals surface area contributed by atoms with Gasteiger partial charge in [-0.3, -0.25) is 0 Å². The molecule has 1 aromatic heterocycles. The molecule has 4 heteroatoms. The fourth-order valence-corrected chi connectivity index (χ4v) is 3.01. The third kappa shape index (κ3) is 3.75. The summed E-state index contributed by atoms with van der Waals surface area (Å²) >= 11 is 0. The van der Waals surface area contributed by atoms with Crippen LogP contribution in [0, 0.1) is 6.92 Å². The Morgan fingerprint density at radius 1 is 1.09 bits per heavy atom. The second-order valence-electron chi connectivity index (χ2n) is 6.12. The lowest BCUT2D eigenvalue weighted by Crippen LogP contribution is -2.17. The van der Waals surface area contributed by atoms with Crippen molar-refractivity contribution in [2.75, 3.05) is 10.6 Å². The van der Waals surface area contributed by atoms with Crippen molar-refractivity contribution in [3.8, 4) is 0 Å². The molecule has 0 amide bonds. The van der Waals surface area contributed by atoms with Crippen LogP contribution in [0.2, 0.25) is 0 Å². The molecule has 4 nitrogen and oxygen atoms in total. The topological polar surface area (TPSA) is 49.8 Å². The minimum Gasteiger partial charge on any atom is -0.367 e. The van der Waals surface area contributed by atoms with E-state index in [0.717, 1.165) is 11.5 Å². The maximum Gasteiger partial charge on any atom is 0.225 e. The third-order valence-electron chi connectivity index (χ3n) is 4.21. The largest absolute Gasteiger partial charge is 0.367 e. The summed E-state index contributed by atoms with van der Waals surface area (Å²) in [4.78, 5) is 9.14. The molecular formula is C18H24N4. The molecule has 22 heavy (non-hydrogen) atoms. The fraction of sp³-hybridized carbons (Fsp3) is 0.444. The lowest BCUT2D eigenvalue weighted by molar-refractivity contribution is 0.748. The molecule has 2 aromatic rings. The molecule has 0 radical (unpaired) electrons. The minimum absolute atomic E-state index is 0.183. The van der Waals surface area contributed by atoms with Crippen LogP contribution in [0.3, 0.4) is 0 Å². The van der Waals surface area contributed by atoms with Gasteiger partial charge < -0.3 is 10.6 Å². The summed E-state index contributed by atoms with van der Waals surface area (Å²) in [6.07, 6.45) is 5.12. The van der Waals surface area contributed by atoms with Crippen LogP contribution in [-0.4, -0.2) is 16.0 Å². The van der Waals surface area contributed by atoms with Crippen molar-refractivity contribution >= 4 is 11.8 Å². The summed E-state index contributed by atoms with van der Waals surface area (Å²) in [5.41, 5.74) is 2.22. The molecule has 0 saturated heterocycles. The molecule has 2 N–H and O–H groups in total. The Kier molecular flexibility index (Phi) is 4.56. The van der Waals surface area contributed by atoms with E-state index in [1.54, 1.807) is 0 Å². The summed E-state index contributed by atoms with van der Waals surface area (Å²) in [6, 6.07) is 13.1. The molecule has 1 aliphatic carbocycles. The van der Waals surface area contributed by atoms with Gasteiger partial charge in [-0.05, 0) is 32.3 Å². The van der Waals surface area contributed by atoms with Crippen LogP contribution in [0.1, 0.15) is 49.9 Å². The van der Waals surface area contributed by atoms with Gasteiger partial charge in [0.25, 0.3) is 0 Å². The summed E-state index contributed by atoms with van der Waals surface area (Å²) in [5, 5.41) is 6.95. The van der Waals surface area contributed by atoms with Crippen LogP contribution in [0.4, 0.5) is 11.8 Å². The van der Waals surface area contributed by atoms with Crippen LogP contribution in [0.25, 0.3) is 0 Å². The van der Waals surface area contributed by atoms with E-state index in [2.05, 4.69) is 51.8 Å². The molecule has 116 valence electrons. The molecule has 0 spiro atoms. The van der Waals surface area contributed by atoms with Crippen molar-refractivity contribution in [2.45, 2.75) is 51.6 Å². The van der Waals surface area contributed by atoms with Crippen molar-refractivity contribution in [3.63, 3.8) is 0 Å². The highest BCUT2D eigenvalue weighted by atomic mass is 15.2. The van der Waals surface area contributed by atoms with Gasteiger partial charge in [-0.25, -0.2) is 4.98 Å². The van der Waals surface area contributed by atoms with Gasteiger partial charge in [0.1, 0.15) is 5.82 Å². The van der Waals surface area contributed by atoms with Crippen LogP contribution < -0.4 is 10.6 Å². The van der Waals surface area contributed by atoms with Crippen molar-refractivity contribution < 1.29 is 0 Å². The Morgan fingerprint density at radius 3 is 2.55 bits per heavy atom. The van der Waals surface area contributed by atoms with Crippen LogP contribution in [0.15, 0.2) is 36.4 Å². The second-order valence-corrected chi connectivity index (χ2v) is 6.12. The average Bonchev–Trinajstić information content (AvgIpc) is 3.00. The van der Waals surface area contributed by atoms with E-state index in [4.69, 9.17) is 0 Å². The van der Waals surface area contributed by atoms with Gasteiger partial charge >= 0.3 is 0 Å². The predicted octanol–water partition coefficient (Wildman–Crippen LogP) is 4.31. The fourth-order valence-electron chi connectivity index (χ4n) is 3.01. The van der Waals surface area contributed by atoms with Gasteiger partial charge in [0, 0.05) is 17.8 Å². The first-order chi connectivity index (χ1) is 10.7. The van der Waals surface area contributed by atoms with Gasteiger partial charge in [0.15, 0.2) is 0 Å². The number of rotatable bonds is 5. The lowest BCUT2D eigenvalue weighted by atomic mass is 10.1. The summed E-state index contributed by atoms with van der Waals surface area (Å²) < 4.78 is 0. The maximum atomic E-state index is 4.63. The molecular weight excluding hydrogens is 272 g/mol. The zero-order valence-electron chi connectivity index (χ0n) is 13.3. The van der Waals surface area contributed by atoms with E-state index >= 15 is 0 Å². The number of anilines is 2. The highest BCUT2D eigenvalue weighted by Gasteiger charge is 2.16. The number of aromatic nitrogens is 2. The van der Waals surface area contributed by atoms with Gasteiger partial charge in [-0.15, -0.1) is 0 Å². The smallest absolute Gasteiger partial charge is 0.225 e. The van der Waals surface area contributed by atoms with Gasteiger partial charge in [0.2, 0.25) is 5.95 Å². The number of aryl methyl sites for hydroxylation is 1.